The van der Waals surface area contributed by atoms with Crippen LogP contribution in [0.2, 0.25) is 0 Å². The average molecular weight is 398 g/mol. The second-order valence-electron chi connectivity index (χ2n) is 5.84. The molecule has 0 unspecified atom stereocenters. The molecule has 0 aliphatic carbocycles. The molecule has 0 aliphatic heterocycles. The number of pyridine rings is 1. The lowest BCUT2D eigenvalue weighted by molar-refractivity contribution is -0.153. The second-order valence-corrected chi connectivity index (χ2v) is 5.84. The van der Waals surface area contributed by atoms with Gasteiger partial charge in [-0.05, 0) is 30.2 Å². The fourth-order valence-electron chi connectivity index (χ4n) is 2.43. The van der Waals surface area contributed by atoms with Gasteiger partial charge < -0.3 is 19.5 Å². The Kier molecular flexibility index (Phi) is 7.48. The van der Waals surface area contributed by atoms with E-state index in [1.165, 1.54) is 20.3 Å². The first kappa shape index (κ1) is 21.3. The zero-order valence-corrected chi connectivity index (χ0v) is 15.5. The Morgan fingerprint density at radius 2 is 1.93 bits per heavy atom. The van der Waals surface area contributed by atoms with Gasteiger partial charge in [0, 0.05) is 24.7 Å². The number of hydrogen-bond acceptors (Lipinski definition) is 5. The zero-order valence-electron chi connectivity index (χ0n) is 15.5. The minimum atomic E-state index is -4.43. The summed E-state index contributed by atoms with van der Waals surface area (Å²) in [5, 5.41) is 2.78. The van der Waals surface area contributed by atoms with E-state index in [0.29, 0.717) is 12.3 Å². The molecular weight excluding hydrogens is 377 g/mol. The highest BCUT2D eigenvalue weighted by Gasteiger charge is 2.29. The standard InChI is InChI=1S/C19H21F3N2O4/c1-26-16-10-13(5-7-15(16)28-12-19(20,21)22)6-8-17(25)24-11-14-4-3-9-23-18(14)27-2/h3-5,7,9-10H,6,8,11-12H2,1-2H3,(H,24,25). The number of carbonyl (C=O) groups is 1. The van der Waals surface area contributed by atoms with Gasteiger partial charge in [0.1, 0.15) is 0 Å². The van der Waals surface area contributed by atoms with Gasteiger partial charge >= 0.3 is 6.18 Å². The van der Waals surface area contributed by atoms with Gasteiger partial charge in [-0.15, -0.1) is 0 Å². The Hall–Kier alpha value is -2.97. The lowest BCUT2D eigenvalue weighted by Gasteiger charge is -2.13. The predicted molar refractivity (Wildman–Crippen MR) is 95.5 cm³/mol. The van der Waals surface area contributed by atoms with E-state index in [0.717, 1.165) is 11.1 Å². The molecule has 0 radical (unpaired) electrons. The van der Waals surface area contributed by atoms with Crippen LogP contribution in [0.25, 0.3) is 0 Å². The molecule has 2 rings (SSSR count). The van der Waals surface area contributed by atoms with E-state index in [1.54, 1.807) is 30.5 Å². The molecule has 2 aromatic rings. The van der Waals surface area contributed by atoms with Crippen LogP contribution in [0.3, 0.4) is 0 Å². The van der Waals surface area contributed by atoms with E-state index in [-0.39, 0.29) is 30.4 Å². The number of aryl methyl sites for hydroxylation is 1. The summed E-state index contributed by atoms with van der Waals surface area (Å²) in [5.74, 6) is 0.447. The number of alkyl halides is 3. The quantitative estimate of drug-likeness (QED) is 0.702. The number of rotatable bonds is 9. The highest BCUT2D eigenvalue weighted by molar-refractivity contribution is 5.76. The fourth-order valence-corrected chi connectivity index (χ4v) is 2.43. The van der Waals surface area contributed by atoms with Crippen molar-refractivity contribution in [1.29, 1.82) is 0 Å². The number of aromatic nitrogens is 1. The maximum Gasteiger partial charge on any atom is 0.422 e. The van der Waals surface area contributed by atoms with Gasteiger partial charge in [-0.1, -0.05) is 12.1 Å². The molecule has 9 heteroatoms. The number of methoxy groups -OCH3 is 2. The van der Waals surface area contributed by atoms with Crippen molar-refractivity contribution in [3.63, 3.8) is 0 Å². The predicted octanol–water partition coefficient (Wildman–Crippen LogP) is 3.29. The monoisotopic (exact) mass is 398 g/mol. The number of hydrogen-bond donors (Lipinski definition) is 1. The fraction of sp³-hybridized carbons (Fsp3) is 0.368. The average Bonchev–Trinajstić information content (AvgIpc) is 2.68. The summed E-state index contributed by atoms with van der Waals surface area (Å²) in [7, 11) is 2.84. The molecule has 6 nitrogen and oxygen atoms in total. The second kappa shape index (κ2) is 9.82. The van der Waals surface area contributed by atoms with Crippen molar-refractivity contribution in [2.45, 2.75) is 25.6 Å². The first-order valence-electron chi connectivity index (χ1n) is 8.43. The minimum Gasteiger partial charge on any atom is -0.493 e. The maximum absolute atomic E-state index is 12.3. The summed E-state index contributed by atoms with van der Waals surface area (Å²) in [4.78, 5) is 16.1. The van der Waals surface area contributed by atoms with Gasteiger partial charge in [0.2, 0.25) is 11.8 Å². The van der Waals surface area contributed by atoms with Crippen LogP contribution in [0.1, 0.15) is 17.5 Å². The van der Waals surface area contributed by atoms with Gasteiger partial charge in [0.15, 0.2) is 18.1 Å². The Labute approximate surface area is 160 Å². The number of benzene rings is 1. The molecule has 28 heavy (non-hydrogen) atoms. The number of carbonyl (C=O) groups excluding carboxylic acids is 1. The van der Waals surface area contributed by atoms with E-state index < -0.39 is 12.8 Å². The lowest BCUT2D eigenvalue weighted by Crippen LogP contribution is -2.23. The van der Waals surface area contributed by atoms with Crippen LogP contribution in [0.15, 0.2) is 36.5 Å². The molecule has 0 aliphatic rings. The van der Waals surface area contributed by atoms with Crippen LogP contribution >= 0.6 is 0 Å². The smallest absolute Gasteiger partial charge is 0.422 e. The highest BCUT2D eigenvalue weighted by atomic mass is 19.4. The van der Waals surface area contributed by atoms with E-state index in [1.807, 2.05) is 0 Å². The van der Waals surface area contributed by atoms with Gasteiger partial charge in [-0.25, -0.2) is 4.98 Å². The van der Waals surface area contributed by atoms with Crippen LogP contribution in [-0.4, -0.2) is 37.9 Å². The summed E-state index contributed by atoms with van der Waals surface area (Å²) in [6.45, 7) is -1.12. The van der Waals surface area contributed by atoms with Gasteiger partial charge in [-0.3, -0.25) is 4.79 Å². The highest BCUT2D eigenvalue weighted by Crippen LogP contribution is 2.30. The normalized spacial score (nSPS) is 11.0. The first-order valence-corrected chi connectivity index (χ1v) is 8.43. The minimum absolute atomic E-state index is 0.00306. The Morgan fingerprint density at radius 1 is 1.14 bits per heavy atom. The van der Waals surface area contributed by atoms with E-state index in [2.05, 4.69) is 10.3 Å². The largest absolute Gasteiger partial charge is 0.493 e. The molecular formula is C19H21F3N2O4. The van der Waals surface area contributed by atoms with Crippen molar-refractivity contribution in [3.05, 3.63) is 47.7 Å². The third-order valence-corrected chi connectivity index (χ3v) is 3.78. The number of ether oxygens (including phenoxy) is 3. The van der Waals surface area contributed by atoms with Crippen LogP contribution in [0.5, 0.6) is 17.4 Å². The molecule has 152 valence electrons. The van der Waals surface area contributed by atoms with Gasteiger partial charge in [0.05, 0.1) is 14.2 Å². The van der Waals surface area contributed by atoms with Gasteiger partial charge in [0.25, 0.3) is 0 Å². The number of nitrogens with one attached hydrogen (secondary N) is 1. The molecule has 0 bridgehead atoms. The Bertz CT molecular complexity index is 797. The van der Waals surface area contributed by atoms with Crippen molar-refractivity contribution >= 4 is 5.91 Å². The molecule has 0 saturated carbocycles. The third kappa shape index (κ3) is 6.64. The van der Waals surface area contributed by atoms with Crippen molar-refractivity contribution in [2.24, 2.45) is 0 Å². The van der Waals surface area contributed by atoms with Crippen molar-refractivity contribution in [2.75, 3.05) is 20.8 Å². The summed E-state index contributed by atoms with van der Waals surface area (Å²) in [5.41, 5.74) is 1.50. The van der Waals surface area contributed by atoms with E-state index >= 15 is 0 Å². The molecule has 1 amide bonds. The molecule has 1 aromatic heterocycles. The molecule has 0 atom stereocenters. The van der Waals surface area contributed by atoms with Crippen molar-refractivity contribution < 1.29 is 32.2 Å². The summed E-state index contributed by atoms with van der Waals surface area (Å²) >= 11 is 0. The molecule has 1 aromatic carbocycles. The number of amides is 1. The molecule has 0 spiro atoms. The van der Waals surface area contributed by atoms with Gasteiger partial charge in [-0.2, -0.15) is 13.2 Å². The Balaban J connectivity index is 1.88. The summed E-state index contributed by atoms with van der Waals surface area (Å²) < 4.78 is 51.8. The van der Waals surface area contributed by atoms with Crippen molar-refractivity contribution in [1.82, 2.24) is 10.3 Å². The lowest BCUT2D eigenvalue weighted by atomic mass is 10.1. The summed E-state index contributed by atoms with van der Waals surface area (Å²) in [6.07, 6.45) is -2.24. The van der Waals surface area contributed by atoms with E-state index in [4.69, 9.17) is 14.2 Å². The SMILES string of the molecule is COc1cc(CCC(=O)NCc2cccnc2OC)ccc1OCC(F)(F)F. The van der Waals surface area contributed by atoms with Crippen molar-refractivity contribution in [3.8, 4) is 17.4 Å². The molecule has 1 N–H and O–H groups in total. The maximum atomic E-state index is 12.3. The number of nitrogens with zero attached hydrogens (tertiary/aromatic N) is 1. The van der Waals surface area contributed by atoms with E-state index in [9.17, 15) is 18.0 Å². The topological polar surface area (TPSA) is 69.7 Å². The number of halogens is 3. The Morgan fingerprint density at radius 3 is 2.61 bits per heavy atom. The van der Waals surface area contributed by atoms with Crippen LogP contribution in [0.4, 0.5) is 13.2 Å². The van der Waals surface area contributed by atoms with Crippen LogP contribution in [0, 0.1) is 0 Å². The molecule has 0 saturated heterocycles. The van der Waals surface area contributed by atoms with Crippen LogP contribution in [-0.2, 0) is 17.8 Å². The molecule has 0 fully saturated rings. The zero-order chi connectivity index (χ0) is 20.6. The molecule has 1 heterocycles. The summed E-state index contributed by atoms with van der Waals surface area (Å²) in [6, 6.07) is 8.11. The van der Waals surface area contributed by atoms with Crippen LogP contribution < -0.4 is 19.5 Å². The third-order valence-electron chi connectivity index (χ3n) is 3.78. The first-order chi connectivity index (χ1) is 13.3.